The molecule has 1 aromatic heterocycles. The minimum absolute atomic E-state index is 0.0271. The molecule has 5 rings (SSSR count). The van der Waals surface area contributed by atoms with Gasteiger partial charge in [-0.15, -0.1) is 0 Å². The minimum Gasteiger partial charge on any atom is -0.448 e. The molecule has 1 atom stereocenters. The zero-order valence-electron chi connectivity index (χ0n) is 24.1. The maximum atomic E-state index is 13.9. The van der Waals surface area contributed by atoms with Gasteiger partial charge in [-0.1, -0.05) is 13.3 Å². The van der Waals surface area contributed by atoms with Crippen molar-refractivity contribution in [1.29, 1.82) is 0 Å². The maximum absolute atomic E-state index is 13.9. The highest BCUT2D eigenvalue weighted by Gasteiger charge is 2.48. The molecule has 1 amide bonds. The van der Waals surface area contributed by atoms with Crippen molar-refractivity contribution in [3.8, 4) is 11.5 Å². The van der Waals surface area contributed by atoms with Crippen LogP contribution >= 0.6 is 0 Å². The van der Waals surface area contributed by atoms with Crippen LogP contribution in [-0.4, -0.2) is 53.2 Å². The Kier molecular flexibility index (Phi) is 7.10. The number of rotatable bonds is 6. The number of ether oxygens (including phenoxy) is 2. The predicted molar refractivity (Wildman–Crippen MR) is 149 cm³/mol. The van der Waals surface area contributed by atoms with Crippen molar-refractivity contribution in [1.82, 2.24) is 14.8 Å². The Morgan fingerprint density at radius 3 is 2.34 bits per heavy atom. The summed E-state index contributed by atoms with van der Waals surface area (Å²) < 4.78 is 13.3. The van der Waals surface area contributed by atoms with Gasteiger partial charge in [0, 0.05) is 47.8 Å². The van der Waals surface area contributed by atoms with Gasteiger partial charge in [0.2, 0.25) is 0 Å². The van der Waals surface area contributed by atoms with Gasteiger partial charge in [0.05, 0.1) is 6.54 Å². The third-order valence-electron chi connectivity index (χ3n) is 9.16. The number of benzene rings is 1. The Bertz CT molecular complexity index is 1310. The van der Waals surface area contributed by atoms with Gasteiger partial charge < -0.3 is 24.3 Å². The summed E-state index contributed by atoms with van der Waals surface area (Å²) in [5.41, 5.74) is 6.14. The van der Waals surface area contributed by atoms with Crippen LogP contribution in [0.5, 0.6) is 11.5 Å². The highest BCUT2D eigenvalue weighted by Crippen LogP contribution is 2.52. The zero-order valence-corrected chi connectivity index (χ0v) is 24.1. The number of nitrogens with zero attached hydrogens (tertiary/aromatic N) is 2. The third kappa shape index (κ3) is 4.53. The number of hydrogen-bond donors (Lipinski definition) is 1. The van der Waals surface area contributed by atoms with E-state index in [0.717, 1.165) is 84.2 Å². The average molecular weight is 522 g/mol. The van der Waals surface area contributed by atoms with Crippen LogP contribution in [0, 0.1) is 26.7 Å². The first kappa shape index (κ1) is 26.8. The number of carbonyl (C=O) groups excluding carboxylic acids is 1. The molecule has 2 aromatic rings. The third-order valence-corrected chi connectivity index (χ3v) is 9.16. The van der Waals surface area contributed by atoms with Crippen molar-refractivity contribution in [3.63, 3.8) is 0 Å². The average Bonchev–Trinajstić information content (AvgIpc) is 3.25. The molecule has 1 aliphatic carbocycles. The number of pyridine rings is 1. The van der Waals surface area contributed by atoms with E-state index in [2.05, 4.69) is 44.8 Å². The van der Waals surface area contributed by atoms with E-state index in [1.54, 1.807) is 0 Å². The van der Waals surface area contributed by atoms with Crippen LogP contribution in [0.15, 0.2) is 10.9 Å². The summed E-state index contributed by atoms with van der Waals surface area (Å²) in [5, 5.41) is 0. The molecule has 0 bridgehead atoms. The maximum Gasteiger partial charge on any atom is 0.254 e. The second kappa shape index (κ2) is 10.1. The number of hydrogen-bond acceptors (Lipinski definition) is 5. The minimum atomic E-state index is -0.716. The molecule has 1 saturated carbocycles. The molecule has 1 unspecified atom stereocenters. The molecule has 0 spiro atoms. The van der Waals surface area contributed by atoms with Crippen LogP contribution in [0.3, 0.4) is 0 Å². The number of aromatic nitrogens is 1. The summed E-state index contributed by atoms with van der Waals surface area (Å²) in [6, 6.07) is 2.65. The number of amides is 1. The summed E-state index contributed by atoms with van der Waals surface area (Å²) in [7, 11) is 4.31. The molecule has 3 heterocycles. The van der Waals surface area contributed by atoms with Crippen LogP contribution in [0.2, 0.25) is 0 Å². The summed E-state index contributed by atoms with van der Waals surface area (Å²) >= 11 is 0. The molecular formula is C31H43N3O4. The molecule has 0 saturated heterocycles. The lowest BCUT2D eigenvalue weighted by atomic mass is 9.81. The largest absolute Gasteiger partial charge is 0.448 e. The SMILES string of the molecule is CCCc1cc(C)[nH]c(=O)c1CN1CCc2c(C)c3c(c(C)c2C1=O)OC(C)([C@H]1CC[C@H](N(C)C)CC1)O3. The molecule has 1 fully saturated rings. The smallest absolute Gasteiger partial charge is 0.254 e. The van der Waals surface area contributed by atoms with E-state index < -0.39 is 5.79 Å². The van der Waals surface area contributed by atoms with Gasteiger partial charge >= 0.3 is 0 Å². The van der Waals surface area contributed by atoms with E-state index in [4.69, 9.17) is 9.47 Å². The molecule has 2 aliphatic heterocycles. The van der Waals surface area contributed by atoms with Crippen LogP contribution in [0.25, 0.3) is 0 Å². The molecule has 1 N–H and O–H groups in total. The molecule has 3 aliphatic rings. The van der Waals surface area contributed by atoms with Gasteiger partial charge in [-0.2, -0.15) is 0 Å². The van der Waals surface area contributed by atoms with E-state index in [0.29, 0.717) is 36.4 Å². The van der Waals surface area contributed by atoms with Crippen LogP contribution in [0.1, 0.15) is 89.8 Å². The van der Waals surface area contributed by atoms with E-state index >= 15 is 0 Å². The Balaban J connectivity index is 1.43. The fraction of sp³-hybridized carbons (Fsp3) is 0.613. The fourth-order valence-electron chi connectivity index (χ4n) is 6.86. The molecule has 0 radical (unpaired) electrons. The van der Waals surface area contributed by atoms with E-state index in [1.807, 2.05) is 24.8 Å². The van der Waals surface area contributed by atoms with E-state index in [1.165, 1.54) is 0 Å². The van der Waals surface area contributed by atoms with Crippen LogP contribution < -0.4 is 15.0 Å². The lowest BCUT2D eigenvalue weighted by Crippen LogP contribution is -2.46. The Labute approximate surface area is 226 Å². The zero-order chi connectivity index (χ0) is 27.4. The first-order valence-electron chi connectivity index (χ1n) is 14.3. The topological polar surface area (TPSA) is 74.9 Å². The lowest BCUT2D eigenvalue weighted by molar-refractivity contribution is -0.123. The number of aryl methyl sites for hydroxylation is 2. The number of aromatic amines is 1. The van der Waals surface area contributed by atoms with Crippen molar-refractivity contribution in [2.75, 3.05) is 20.6 Å². The van der Waals surface area contributed by atoms with Crippen LogP contribution in [0.4, 0.5) is 0 Å². The molecule has 206 valence electrons. The molecule has 38 heavy (non-hydrogen) atoms. The van der Waals surface area contributed by atoms with E-state index in [9.17, 15) is 9.59 Å². The highest BCUT2D eigenvalue weighted by molar-refractivity contribution is 6.00. The standard InChI is InChI=1S/C31H43N3O4/c1-8-9-21-16-18(2)32-29(35)25(21)17-34-15-14-24-19(3)27-28(20(4)26(24)30(34)36)38-31(5,37-27)22-10-12-23(13-11-22)33(6)7/h16,22-23H,8-15,17H2,1-7H3,(H,32,35)/t22-,23-,31?. The second-order valence-corrected chi connectivity index (χ2v) is 12.0. The molecule has 7 heteroatoms. The predicted octanol–water partition coefficient (Wildman–Crippen LogP) is 5.06. The molecule has 7 nitrogen and oxygen atoms in total. The van der Waals surface area contributed by atoms with Crippen LogP contribution in [-0.2, 0) is 19.4 Å². The van der Waals surface area contributed by atoms with Gasteiger partial charge in [-0.05, 0) is 96.1 Å². The number of carbonyl (C=O) groups is 1. The number of fused-ring (bicyclic) bond motifs is 2. The van der Waals surface area contributed by atoms with Gasteiger partial charge in [0.25, 0.3) is 17.3 Å². The van der Waals surface area contributed by atoms with Gasteiger partial charge in [0.15, 0.2) is 11.5 Å². The quantitative estimate of drug-likeness (QED) is 0.575. The Morgan fingerprint density at radius 1 is 1.05 bits per heavy atom. The molecular weight excluding hydrogens is 478 g/mol. The number of H-pyrrole nitrogens is 1. The van der Waals surface area contributed by atoms with Crippen molar-refractivity contribution in [2.45, 2.75) is 97.9 Å². The monoisotopic (exact) mass is 521 g/mol. The summed E-state index contributed by atoms with van der Waals surface area (Å²) in [4.78, 5) is 33.9. The lowest BCUT2D eigenvalue weighted by Gasteiger charge is -2.39. The normalized spacial score (nSPS) is 24.7. The summed E-state index contributed by atoms with van der Waals surface area (Å²) in [5.74, 6) is 1.08. The van der Waals surface area contributed by atoms with E-state index in [-0.39, 0.29) is 11.5 Å². The van der Waals surface area contributed by atoms with Crippen molar-refractivity contribution in [3.05, 3.63) is 55.5 Å². The number of nitrogens with one attached hydrogen (secondary N) is 1. The van der Waals surface area contributed by atoms with Crippen molar-refractivity contribution < 1.29 is 14.3 Å². The highest BCUT2D eigenvalue weighted by atomic mass is 16.7. The fourth-order valence-corrected chi connectivity index (χ4v) is 6.86. The summed E-state index contributed by atoms with van der Waals surface area (Å²) in [6.07, 6.45) is 6.90. The van der Waals surface area contributed by atoms with Crippen molar-refractivity contribution in [2.24, 2.45) is 5.92 Å². The second-order valence-electron chi connectivity index (χ2n) is 12.0. The van der Waals surface area contributed by atoms with Gasteiger partial charge in [-0.25, -0.2) is 0 Å². The summed E-state index contributed by atoms with van der Waals surface area (Å²) in [6.45, 7) is 11.0. The van der Waals surface area contributed by atoms with Crippen molar-refractivity contribution >= 4 is 5.91 Å². The molecule has 1 aromatic carbocycles. The van der Waals surface area contributed by atoms with Gasteiger partial charge in [-0.3, -0.25) is 9.59 Å². The Hall–Kier alpha value is -2.80. The first-order chi connectivity index (χ1) is 18.0. The first-order valence-corrected chi connectivity index (χ1v) is 14.3. The van der Waals surface area contributed by atoms with Gasteiger partial charge in [0.1, 0.15) is 0 Å². The Morgan fingerprint density at radius 2 is 1.71 bits per heavy atom.